The average Bonchev–Trinajstić information content (AvgIpc) is 2.00. The van der Waals surface area contributed by atoms with Crippen molar-refractivity contribution < 1.29 is 14.7 Å². The van der Waals surface area contributed by atoms with Gasteiger partial charge in [-0.15, -0.1) is 0 Å². The predicted molar refractivity (Wildman–Crippen MR) is 39.5 cm³/mol. The molecule has 0 atom stereocenters. The van der Waals surface area contributed by atoms with Crippen molar-refractivity contribution in [1.82, 2.24) is 5.48 Å². The monoisotopic (exact) mass is 160 g/mol. The number of nitrogens with zero attached hydrogens (tertiary/aromatic N) is 1. The van der Waals surface area contributed by atoms with E-state index in [2.05, 4.69) is 4.99 Å². The van der Waals surface area contributed by atoms with E-state index in [0.717, 1.165) is 0 Å². The third kappa shape index (κ3) is 3.57. The van der Waals surface area contributed by atoms with Gasteiger partial charge in [-0.2, -0.15) is 0 Å². The lowest BCUT2D eigenvalue weighted by atomic mass is 10.2. The smallest absolute Gasteiger partial charge is 0.309 e. The lowest BCUT2D eigenvalue weighted by Gasteiger charge is -2.19. The van der Waals surface area contributed by atoms with Crippen molar-refractivity contribution in [3.63, 3.8) is 0 Å². The van der Waals surface area contributed by atoms with Gasteiger partial charge in [-0.1, -0.05) is 0 Å². The average molecular weight is 160 g/mol. The molecule has 0 unspecified atom stereocenters. The minimum atomic E-state index is -0.968. The maximum atomic E-state index is 10.3. The molecule has 0 spiro atoms. The third-order valence-corrected chi connectivity index (χ3v) is 0.942. The number of hydrogen-bond donors (Lipinski definition) is 2. The molecule has 0 aromatic heterocycles. The molecule has 64 valence electrons. The number of ether oxygens (including phenoxy) is 1. The number of aldehydes is 1. The number of amidine groups is 1. The van der Waals surface area contributed by atoms with E-state index < -0.39 is 5.60 Å². The fourth-order valence-corrected chi connectivity index (χ4v) is 0.392. The maximum Gasteiger partial charge on any atom is 0.309 e. The molecule has 0 aliphatic heterocycles. The van der Waals surface area contributed by atoms with Crippen molar-refractivity contribution in [2.45, 2.75) is 19.4 Å². The number of aliphatic imine (C=N–C) groups is 1. The highest BCUT2D eigenvalue weighted by atomic mass is 16.6. The Hall–Kier alpha value is -1.10. The molecule has 0 fully saturated rings. The quantitative estimate of drug-likeness (QED) is 0.257. The van der Waals surface area contributed by atoms with E-state index in [1.165, 1.54) is 7.05 Å². The number of carbonyl (C=O) groups excluding carboxylic acids is 1. The van der Waals surface area contributed by atoms with Crippen LogP contribution in [0, 0.1) is 0 Å². The van der Waals surface area contributed by atoms with Gasteiger partial charge >= 0.3 is 6.02 Å². The molecule has 0 aliphatic rings. The topological polar surface area (TPSA) is 70.9 Å². The normalized spacial score (nSPS) is 12.5. The summed E-state index contributed by atoms with van der Waals surface area (Å²) in [6.45, 7) is 3.12. The zero-order valence-corrected chi connectivity index (χ0v) is 6.79. The Morgan fingerprint density at radius 1 is 1.73 bits per heavy atom. The molecule has 0 bridgehead atoms. The molecule has 0 heterocycles. The lowest BCUT2D eigenvalue weighted by Crippen LogP contribution is -2.35. The summed E-state index contributed by atoms with van der Waals surface area (Å²) in [6, 6.07) is -0.0814. The second kappa shape index (κ2) is 3.92. The summed E-state index contributed by atoms with van der Waals surface area (Å²) in [5.74, 6) is 0. The first-order valence-electron chi connectivity index (χ1n) is 3.08. The van der Waals surface area contributed by atoms with Crippen LogP contribution in [0.25, 0.3) is 0 Å². The van der Waals surface area contributed by atoms with Crippen LogP contribution in [0.1, 0.15) is 13.8 Å². The fourth-order valence-electron chi connectivity index (χ4n) is 0.392. The Morgan fingerprint density at radius 2 is 2.27 bits per heavy atom. The van der Waals surface area contributed by atoms with Gasteiger partial charge in [0.25, 0.3) is 0 Å². The van der Waals surface area contributed by atoms with Crippen molar-refractivity contribution in [2.75, 3.05) is 7.05 Å². The Morgan fingerprint density at radius 3 is 2.55 bits per heavy atom. The second-order valence-electron chi connectivity index (χ2n) is 2.46. The van der Waals surface area contributed by atoms with Crippen LogP contribution in [-0.4, -0.2) is 30.2 Å². The summed E-state index contributed by atoms with van der Waals surface area (Å²) in [6.07, 6.45) is 0.621. The summed E-state index contributed by atoms with van der Waals surface area (Å²) in [7, 11) is 1.43. The highest BCUT2D eigenvalue weighted by Gasteiger charge is 2.19. The molecule has 0 radical (unpaired) electrons. The first-order valence-corrected chi connectivity index (χ1v) is 3.08. The predicted octanol–water partition coefficient (Wildman–Crippen LogP) is -0.0549. The SMILES string of the molecule is CN=C(NO)OC(C)(C)C=O. The van der Waals surface area contributed by atoms with E-state index in [1.807, 2.05) is 0 Å². The van der Waals surface area contributed by atoms with E-state index in [4.69, 9.17) is 9.94 Å². The van der Waals surface area contributed by atoms with Crippen LogP contribution >= 0.6 is 0 Å². The summed E-state index contributed by atoms with van der Waals surface area (Å²) in [4.78, 5) is 13.8. The summed E-state index contributed by atoms with van der Waals surface area (Å²) >= 11 is 0. The lowest BCUT2D eigenvalue weighted by molar-refractivity contribution is -0.120. The van der Waals surface area contributed by atoms with E-state index >= 15 is 0 Å². The highest BCUT2D eigenvalue weighted by Crippen LogP contribution is 2.03. The van der Waals surface area contributed by atoms with Gasteiger partial charge in [0.05, 0.1) is 0 Å². The number of hydrogen-bond acceptors (Lipinski definition) is 4. The van der Waals surface area contributed by atoms with Gasteiger partial charge in [0, 0.05) is 7.05 Å². The molecule has 2 N–H and O–H groups in total. The van der Waals surface area contributed by atoms with Crippen molar-refractivity contribution >= 4 is 12.3 Å². The largest absolute Gasteiger partial charge is 0.450 e. The van der Waals surface area contributed by atoms with Crippen LogP contribution in [0.5, 0.6) is 0 Å². The van der Waals surface area contributed by atoms with E-state index in [-0.39, 0.29) is 6.02 Å². The molecule has 0 rings (SSSR count). The first kappa shape index (κ1) is 9.90. The maximum absolute atomic E-state index is 10.3. The van der Waals surface area contributed by atoms with Crippen molar-refractivity contribution in [3.8, 4) is 0 Å². The zero-order valence-electron chi connectivity index (χ0n) is 6.79. The molecular weight excluding hydrogens is 148 g/mol. The zero-order chi connectivity index (χ0) is 8.91. The fraction of sp³-hybridized carbons (Fsp3) is 0.667. The molecular formula is C6H12N2O3. The minimum absolute atomic E-state index is 0.0814. The Labute approximate surface area is 65.0 Å². The van der Waals surface area contributed by atoms with Crippen molar-refractivity contribution in [3.05, 3.63) is 0 Å². The van der Waals surface area contributed by atoms with E-state index in [1.54, 1.807) is 19.3 Å². The highest BCUT2D eigenvalue weighted by molar-refractivity contribution is 5.76. The summed E-state index contributed by atoms with van der Waals surface area (Å²) < 4.78 is 4.91. The molecule has 0 saturated heterocycles. The Kier molecular flexibility index (Phi) is 3.53. The first-order chi connectivity index (χ1) is 5.05. The number of rotatable bonds is 2. The molecule has 0 aliphatic carbocycles. The molecule has 0 amide bonds. The van der Waals surface area contributed by atoms with Crippen LogP contribution in [-0.2, 0) is 9.53 Å². The third-order valence-electron chi connectivity index (χ3n) is 0.942. The molecule has 0 aromatic rings. The van der Waals surface area contributed by atoms with Crippen LogP contribution in [0.4, 0.5) is 0 Å². The van der Waals surface area contributed by atoms with Gasteiger partial charge in [0.2, 0.25) is 0 Å². The molecule has 5 heteroatoms. The number of carbonyl (C=O) groups is 1. The van der Waals surface area contributed by atoms with Gasteiger partial charge in [-0.25, -0.2) is 10.5 Å². The van der Waals surface area contributed by atoms with E-state index in [9.17, 15) is 4.79 Å². The van der Waals surface area contributed by atoms with Gasteiger partial charge in [-0.05, 0) is 13.8 Å². The summed E-state index contributed by atoms with van der Waals surface area (Å²) in [5.41, 5.74) is 0.743. The van der Waals surface area contributed by atoms with E-state index in [0.29, 0.717) is 6.29 Å². The van der Waals surface area contributed by atoms with Gasteiger partial charge < -0.3 is 4.74 Å². The van der Waals surface area contributed by atoms with Crippen LogP contribution < -0.4 is 5.48 Å². The molecule has 0 aromatic carbocycles. The van der Waals surface area contributed by atoms with Gasteiger partial charge in [0.15, 0.2) is 11.9 Å². The molecule has 11 heavy (non-hydrogen) atoms. The van der Waals surface area contributed by atoms with Crippen LogP contribution in [0.15, 0.2) is 4.99 Å². The number of nitrogens with one attached hydrogen (secondary N) is 1. The second-order valence-corrected chi connectivity index (χ2v) is 2.46. The molecule has 0 saturated carbocycles. The standard InChI is InChI=1S/C6H12N2O3/c1-6(2,4-9)11-5(7-3)8-10/h4,10H,1-3H3,(H,7,8). The van der Waals surface area contributed by atoms with Crippen LogP contribution in [0.3, 0.4) is 0 Å². The molecule has 5 nitrogen and oxygen atoms in total. The number of hydroxylamine groups is 1. The van der Waals surface area contributed by atoms with Crippen molar-refractivity contribution in [1.29, 1.82) is 0 Å². The Balaban J connectivity index is 4.11. The van der Waals surface area contributed by atoms with Gasteiger partial charge in [0.1, 0.15) is 0 Å². The van der Waals surface area contributed by atoms with Crippen LogP contribution in [0.2, 0.25) is 0 Å². The Bertz CT molecular complexity index is 165. The minimum Gasteiger partial charge on any atom is -0.450 e. The van der Waals surface area contributed by atoms with Crippen molar-refractivity contribution in [2.24, 2.45) is 4.99 Å². The summed E-state index contributed by atoms with van der Waals surface area (Å²) in [5, 5.41) is 8.36. The van der Waals surface area contributed by atoms with Gasteiger partial charge in [-0.3, -0.25) is 10.0 Å².